The topological polar surface area (TPSA) is 96.9 Å². The molecule has 10 heteroatoms. The Morgan fingerprint density at radius 1 is 1.07 bits per heavy atom. The molecule has 1 aromatic carbocycles. The molecule has 138 valence electrons. The number of nitrogens with zero attached hydrogens (tertiary/aromatic N) is 6. The van der Waals surface area contributed by atoms with Crippen LogP contribution < -0.4 is 4.90 Å². The summed E-state index contributed by atoms with van der Waals surface area (Å²) >= 11 is 5.87. The summed E-state index contributed by atoms with van der Waals surface area (Å²) < 4.78 is 1.22. The number of benzene rings is 1. The molecule has 2 aromatic heterocycles. The van der Waals surface area contributed by atoms with Crippen LogP contribution in [0.2, 0.25) is 5.02 Å². The molecule has 0 aliphatic carbocycles. The summed E-state index contributed by atoms with van der Waals surface area (Å²) in [6.45, 7) is 2.24. The predicted molar refractivity (Wildman–Crippen MR) is 99.2 cm³/mol. The van der Waals surface area contributed by atoms with E-state index in [4.69, 9.17) is 11.6 Å². The highest BCUT2D eigenvalue weighted by atomic mass is 35.5. The van der Waals surface area contributed by atoms with E-state index in [1.165, 1.54) is 10.7 Å². The lowest BCUT2D eigenvalue weighted by Gasteiger charge is -2.35. The van der Waals surface area contributed by atoms with Gasteiger partial charge in [-0.15, -0.1) is 0 Å². The fraction of sp³-hybridized carbons (Fsp3) is 0.235. The molecule has 9 nitrogen and oxygen atoms in total. The van der Waals surface area contributed by atoms with E-state index in [0.29, 0.717) is 48.2 Å². The third-order valence-corrected chi connectivity index (χ3v) is 4.75. The van der Waals surface area contributed by atoms with Crippen molar-refractivity contribution in [3.8, 4) is 0 Å². The minimum Gasteiger partial charge on any atom is -0.358 e. The van der Waals surface area contributed by atoms with Crippen molar-refractivity contribution in [2.45, 2.75) is 0 Å². The summed E-state index contributed by atoms with van der Waals surface area (Å²) in [5.74, 6) is 0.394. The van der Waals surface area contributed by atoms with Gasteiger partial charge in [0.1, 0.15) is 6.20 Å². The molecular formula is C17H15ClN6O3. The summed E-state index contributed by atoms with van der Waals surface area (Å²) in [7, 11) is 0. The van der Waals surface area contributed by atoms with E-state index in [2.05, 4.69) is 10.1 Å². The molecule has 0 atom stereocenters. The SMILES string of the molecule is O=C(c1ccc(Cl)cc1)N1CCN(c2ccc3ncc([N+](=O)[O-])n3n2)CC1. The highest BCUT2D eigenvalue weighted by Crippen LogP contribution is 2.19. The number of hydrogen-bond acceptors (Lipinski definition) is 6. The zero-order valence-electron chi connectivity index (χ0n) is 14.2. The van der Waals surface area contributed by atoms with Crippen molar-refractivity contribution in [1.82, 2.24) is 19.5 Å². The van der Waals surface area contributed by atoms with E-state index >= 15 is 0 Å². The first kappa shape index (κ1) is 17.2. The third-order valence-electron chi connectivity index (χ3n) is 4.50. The van der Waals surface area contributed by atoms with Gasteiger partial charge in [-0.2, -0.15) is 0 Å². The number of carbonyl (C=O) groups is 1. The normalized spacial score (nSPS) is 14.6. The van der Waals surface area contributed by atoms with Crippen LogP contribution in [0.15, 0.2) is 42.6 Å². The maximum Gasteiger partial charge on any atom is 0.368 e. The van der Waals surface area contributed by atoms with E-state index in [9.17, 15) is 14.9 Å². The van der Waals surface area contributed by atoms with Gasteiger partial charge in [-0.1, -0.05) is 21.2 Å². The van der Waals surface area contributed by atoms with E-state index in [-0.39, 0.29) is 11.7 Å². The Labute approximate surface area is 158 Å². The predicted octanol–water partition coefficient (Wildman–Crippen LogP) is 2.25. The van der Waals surface area contributed by atoms with Crippen LogP contribution in [-0.4, -0.2) is 56.5 Å². The van der Waals surface area contributed by atoms with Crippen molar-refractivity contribution in [2.24, 2.45) is 0 Å². The summed E-state index contributed by atoms with van der Waals surface area (Å²) in [5.41, 5.74) is 1.02. The van der Waals surface area contributed by atoms with Gasteiger partial charge >= 0.3 is 5.82 Å². The molecule has 4 rings (SSSR count). The van der Waals surface area contributed by atoms with E-state index in [1.807, 2.05) is 4.90 Å². The fourth-order valence-corrected chi connectivity index (χ4v) is 3.18. The first-order valence-electron chi connectivity index (χ1n) is 8.32. The van der Waals surface area contributed by atoms with Crippen LogP contribution in [0.25, 0.3) is 5.65 Å². The van der Waals surface area contributed by atoms with Gasteiger partial charge in [0.15, 0.2) is 5.82 Å². The molecule has 1 saturated heterocycles. The van der Waals surface area contributed by atoms with Gasteiger partial charge in [-0.3, -0.25) is 4.79 Å². The lowest BCUT2D eigenvalue weighted by molar-refractivity contribution is -0.391. The lowest BCUT2D eigenvalue weighted by Crippen LogP contribution is -2.49. The number of aromatic nitrogens is 3. The van der Waals surface area contributed by atoms with Crippen LogP contribution in [-0.2, 0) is 0 Å². The van der Waals surface area contributed by atoms with Crippen molar-refractivity contribution in [1.29, 1.82) is 0 Å². The molecule has 1 fully saturated rings. The van der Waals surface area contributed by atoms with Crippen LogP contribution in [0.1, 0.15) is 10.4 Å². The monoisotopic (exact) mass is 386 g/mol. The zero-order chi connectivity index (χ0) is 19.0. The molecule has 0 bridgehead atoms. The standard InChI is InChI=1S/C17H15ClN6O3/c18-13-3-1-12(2-4-13)17(25)22-9-7-21(8-10-22)15-6-5-14-19-11-16(24(26)27)23(14)20-15/h1-6,11H,7-10H2. The minimum absolute atomic E-state index is 0.0417. The molecule has 0 unspecified atom stereocenters. The van der Waals surface area contributed by atoms with Crippen LogP contribution in [0, 0.1) is 10.1 Å². The van der Waals surface area contributed by atoms with Crippen LogP contribution in [0.5, 0.6) is 0 Å². The number of carbonyl (C=O) groups excluding carboxylic acids is 1. The first-order chi connectivity index (χ1) is 13.0. The van der Waals surface area contributed by atoms with Gasteiger partial charge in [0.05, 0.1) is 0 Å². The Bertz CT molecular complexity index is 1010. The summed E-state index contributed by atoms with van der Waals surface area (Å²) in [4.78, 5) is 30.9. The number of nitro groups is 1. The zero-order valence-corrected chi connectivity index (χ0v) is 14.9. The maximum atomic E-state index is 12.6. The fourth-order valence-electron chi connectivity index (χ4n) is 3.06. The van der Waals surface area contributed by atoms with Crippen molar-refractivity contribution < 1.29 is 9.72 Å². The average molecular weight is 387 g/mol. The van der Waals surface area contributed by atoms with E-state index in [1.54, 1.807) is 41.3 Å². The maximum absolute atomic E-state index is 12.6. The lowest BCUT2D eigenvalue weighted by atomic mass is 10.2. The van der Waals surface area contributed by atoms with E-state index < -0.39 is 4.92 Å². The van der Waals surface area contributed by atoms with Crippen LogP contribution >= 0.6 is 11.6 Å². The highest BCUT2D eigenvalue weighted by molar-refractivity contribution is 6.30. The first-order valence-corrected chi connectivity index (χ1v) is 8.70. The Morgan fingerprint density at radius 2 is 1.78 bits per heavy atom. The second kappa shape index (κ2) is 6.84. The van der Waals surface area contributed by atoms with Gasteiger partial charge in [0, 0.05) is 42.8 Å². The molecule has 1 aliphatic rings. The van der Waals surface area contributed by atoms with Crippen LogP contribution in [0.3, 0.4) is 0 Å². The minimum atomic E-state index is -0.514. The number of halogens is 1. The molecule has 0 N–H and O–H groups in total. The smallest absolute Gasteiger partial charge is 0.358 e. The Kier molecular flexibility index (Phi) is 4.36. The van der Waals surface area contributed by atoms with Gasteiger partial charge in [0.2, 0.25) is 5.65 Å². The third kappa shape index (κ3) is 3.28. The molecule has 3 heterocycles. The van der Waals surface area contributed by atoms with Gasteiger partial charge in [0.25, 0.3) is 5.91 Å². The molecule has 27 heavy (non-hydrogen) atoms. The van der Waals surface area contributed by atoms with Crippen molar-refractivity contribution >= 4 is 34.8 Å². The Morgan fingerprint density at radius 3 is 2.44 bits per heavy atom. The number of hydrogen-bond donors (Lipinski definition) is 0. The molecule has 0 saturated carbocycles. The van der Waals surface area contributed by atoms with Crippen molar-refractivity contribution in [3.05, 3.63) is 63.3 Å². The van der Waals surface area contributed by atoms with E-state index in [0.717, 1.165) is 0 Å². The second-order valence-corrected chi connectivity index (χ2v) is 6.56. The second-order valence-electron chi connectivity index (χ2n) is 6.12. The quantitative estimate of drug-likeness (QED) is 0.506. The highest BCUT2D eigenvalue weighted by Gasteiger charge is 2.24. The number of piperazine rings is 1. The Balaban J connectivity index is 1.48. The van der Waals surface area contributed by atoms with Crippen molar-refractivity contribution in [2.75, 3.05) is 31.1 Å². The molecule has 0 spiro atoms. The number of rotatable bonds is 3. The molecule has 0 radical (unpaired) electrons. The number of fused-ring (bicyclic) bond motifs is 1. The number of amides is 1. The molecule has 3 aromatic rings. The van der Waals surface area contributed by atoms with Crippen molar-refractivity contribution in [3.63, 3.8) is 0 Å². The van der Waals surface area contributed by atoms with Gasteiger partial charge < -0.3 is 19.9 Å². The largest absolute Gasteiger partial charge is 0.368 e. The number of anilines is 1. The van der Waals surface area contributed by atoms with Gasteiger partial charge in [-0.05, 0) is 35.3 Å². The summed E-state index contributed by atoms with van der Waals surface area (Å²) in [5, 5.41) is 16.0. The molecule has 1 aliphatic heterocycles. The molecule has 1 amide bonds. The van der Waals surface area contributed by atoms with Crippen LogP contribution in [0.4, 0.5) is 11.6 Å². The Hall–Kier alpha value is -3.20. The summed E-state index contributed by atoms with van der Waals surface area (Å²) in [6, 6.07) is 10.3. The summed E-state index contributed by atoms with van der Waals surface area (Å²) in [6.07, 6.45) is 1.19. The van der Waals surface area contributed by atoms with Gasteiger partial charge in [-0.25, -0.2) is 4.98 Å². The number of imidazole rings is 1. The molecular weight excluding hydrogens is 372 g/mol. The average Bonchev–Trinajstić information content (AvgIpc) is 3.12.